The van der Waals surface area contributed by atoms with Crippen LogP contribution in [0.25, 0.3) is 0 Å². The molecule has 1 aromatic carbocycles. The van der Waals surface area contributed by atoms with Crippen LogP contribution in [-0.4, -0.2) is 44.1 Å². The largest absolute Gasteiger partial charge is 0.490 e. The lowest BCUT2D eigenvalue weighted by Gasteiger charge is -2.17. The highest BCUT2D eigenvalue weighted by Crippen LogP contribution is 2.22. The van der Waals surface area contributed by atoms with E-state index in [4.69, 9.17) is 9.47 Å². The van der Waals surface area contributed by atoms with Gasteiger partial charge in [-0.05, 0) is 37.3 Å². The molecule has 2 N–H and O–H groups in total. The van der Waals surface area contributed by atoms with E-state index in [9.17, 15) is 5.11 Å². The molecule has 112 valence electrons. The first-order valence-corrected chi connectivity index (χ1v) is 7.32. The van der Waals surface area contributed by atoms with Crippen LogP contribution in [0.15, 0.2) is 18.2 Å². The summed E-state index contributed by atoms with van der Waals surface area (Å²) in [5.74, 6) is 1.47. The van der Waals surface area contributed by atoms with Crippen molar-refractivity contribution in [3.05, 3.63) is 29.3 Å². The molecule has 0 radical (unpaired) electrons. The van der Waals surface area contributed by atoms with Gasteiger partial charge < -0.3 is 19.9 Å². The van der Waals surface area contributed by atoms with Crippen LogP contribution in [0.4, 0.5) is 0 Å². The first kappa shape index (κ1) is 15.3. The Morgan fingerprint density at radius 2 is 2.15 bits per heavy atom. The lowest BCUT2D eigenvalue weighted by molar-refractivity contribution is 0.104. The first-order valence-electron chi connectivity index (χ1n) is 7.32. The van der Waals surface area contributed by atoms with Gasteiger partial charge in [0.15, 0.2) is 0 Å². The van der Waals surface area contributed by atoms with Crippen molar-refractivity contribution in [3.8, 4) is 5.75 Å². The van der Waals surface area contributed by atoms with Crippen LogP contribution in [0.1, 0.15) is 17.5 Å². The third kappa shape index (κ3) is 4.47. The van der Waals surface area contributed by atoms with E-state index in [0.29, 0.717) is 19.1 Å². The van der Waals surface area contributed by atoms with Gasteiger partial charge in [-0.15, -0.1) is 0 Å². The zero-order chi connectivity index (χ0) is 14.4. The Bertz CT molecular complexity index is 396. The van der Waals surface area contributed by atoms with Gasteiger partial charge in [-0.2, -0.15) is 0 Å². The maximum Gasteiger partial charge on any atom is 0.125 e. The van der Waals surface area contributed by atoms with Crippen molar-refractivity contribution in [1.82, 2.24) is 5.32 Å². The van der Waals surface area contributed by atoms with Gasteiger partial charge in [0.1, 0.15) is 18.5 Å². The molecule has 0 aliphatic carbocycles. The number of aliphatic hydroxyl groups excluding tert-OH is 1. The van der Waals surface area contributed by atoms with Crippen LogP contribution >= 0.6 is 0 Å². The molecule has 1 heterocycles. The summed E-state index contributed by atoms with van der Waals surface area (Å²) in [6.07, 6.45) is 0.624. The number of hydrogen-bond acceptors (Lipinski definition) is 4. The Kier molecular flexibility index (Phi) is 5.83. The Morgan fingerprint density at radius 1 is 1.40 bits per heavy atom. The molecule has 2 atom stereocenters. The molecule has 4 nitrogen and oxygen atoms in total. The molecular formula is C16H25NO3. The first-order chi connectivity index (χ1) is 9.66. The fourth-order valence-electron chi connectivity index (χ4n) is 2.46. The fourth-order valence-corrected chi connectivity index (χ4v) is 2.46. The minimum absolute atomic E-state index is 0.319. The van der Waals surface area contributed by atoms with Gasteiger partial charge >= 0.3 is 0 Å². The van der Waals surface area contributed by atoms with Crippen LogP contribution in [-0.2, 0) is 4.74 Å². The van der Waals surface area contributed by atoms with Crippen molar-refractivity contribution < 1.29 is 14.6 Å². The zero-order valence-electron chi connectivity index (χ0n) is 12.4. The van der Waals surface area contributed by atoms with Gasteiger partial charge in [-0.1, -0.05) is 18.2 Å². The predicted molar refractivity (Wildman–Crippen MR) is 79.2 cm³/mol. The number of para-hydroxylation sites is 1. The third-order valence-electron chi connectivity index (χ3n) is 3.67. The summed E-state index contributed by atoms with van der Waals surface area (Å²) in [5.41, 5.74) is 2.21. The van der Waals surface area contributed by atoms with Gasteiger partial charge in [0.05, 0.1) is 6.61 Å². The van der Waals surface area contributed by atoms with E-state index in [2.05, 4.69) is 5.32 Å². The van der Waals surface area contributed by atoms with Crippen molar-refractivity contribution in [2.75, 3.05) is 32.9 Å². The van der Waals surface area contributed by atoms with Crippen LogP contribution < -0.4 is 10.1 Å². The lowest BCUT2D eigenvalue weighted by Crippen LogP contribution is -2.34. The molecule has 0 spiro atoms. The Morgan fingerprint density at radius 3 is 2.80 bits per heavy atom. The second-order valence-electron chi connectivity index (χ2n) is 5.57. The summed E-state index contributed by atoms with van der Waals surface area (Å²) in [6, 6.07) is 6.05. The number of ether oxygens (including phenoxy) is 2. The molecule has 0 saturated carbocycles. The second-order valence-corrected chi connectivity index (χ2v) is 5.57. The Balaban J connectivity index is 1.68. The van der Waals surface area contributed by atoms with Crippen molar-refractivity contribution in [1.29, 1.82) is 0 Å². The Labute approximate surface area is 121 Å². The van der Waals surface area contributed by atoms with Crippen LogP contribution in [0.3, 0.4) is 0 Å². The summed E-state index contributed by atoms with van der Waals surface area (Å²) < 4.78 is 11.1. The summed E-state index contributed by atoms with van der Waals surface area (Å²) in [6.45, 7) is 7.52. The summed E-state index contributed by atoms with van der Waals surface area (Å²) in [7, 11) is 0. The standard InChI is InChI=1S/C16H25NO3/c1-12-4-3-5-13(2)16(12)20-11-15(18)9-17-8-14-6-7-19-10-14/h3-5,14-15,17-18H,6-11H2,1-2H3. The SMILES string of the molecule is Cc1cccc(C)c1OCC(O)CNCC1CCOC1. The molecule has 0 aromatic heterocycles. The molecule has 20 heavy (non-hydrogen) atoms. The van der Waals surface area contributed by atoms with Gasteiger partial charge in [-0.25, -0.2) is 0 Å². The molecule has 4 heteroatoms. The lowest BCUT2D eigenvalue weighted by atomic mass is 10.1. The van der Waals surface area contributed by atoms with E-state index in [0.717, 1.165) is 43.1 Å². The quantitative estimate of drug-likeness (QED) is 0.797. The van der Waals surface area contributed by atoms with Crippen molar-refractivity contribution in [3.63, 3.8) is 0 Å². The smallest absolute Gasteiger partial charge is 0.125 e. The van der Waals surface area contributed by atoms with Gasteiger partial charge in [-0.3, -0.25) is 0 Å². The number of aliphatic hydroxyl groups is 1. The van der Waals surface area contributed by atoms with Crippen molar-refractivity contribution in [2.24, 2.45) is 5.92 Å². The van der Waals surface area contributed by atoms with Gasteiger partial charge in [0.25, 0.3) is 0 Å². The fraction of sp³-hybridized carbons (Fsp3) is 0.625. The molecule has 1 aliphatic rings. The Hall–Kier alpha value is -1.10. The molecule has 0 amide bonds. The van der Waals surface area contributed by atoms with E-state index in [1.165, 1.54) is 0 Å². The minimum atomic E-state index is -0.490. The van der Waals surface area contributed by atoms with Crippen LogP contribution in [0, 0.1) is 19.8 Å². The molecule has 1 aliphatic heterocycles. The number of benzene rings is 1. The molecule has 2 unspecified atom stereocenters. The summed E-state index contributed by atoms with van der Waals surface area (Å²) >= 11 is 0. The molecular weight excluding hydrogens is 254 g/mol. The highest BCUT2D eigenvalue weighted by atomic mass is 16.5. The predicted octanol–water partition coefficient (Wildman–Crippen LogP) is 1.67. The monoisotopic (exact) mass is 279 g/mol. The minimum Gasteiger partial charge on any atom is -0.490 e. The molecule has 1 fully saturated rings. The zero-order valence-corrected chi connectivity index (χ0v) is 12.4. The average molecular weight is 279 g/mol. The molecule has 0 bridgehead atoms. The summed E-state index contributed by atoms with van der Waals surface area (Å²) in [4.78, 5) is 0. The molecule has 1 saturated heterocycles. The van der Waals surface area contributed by atoms with Gasteiger partial charge in [0, 0.05) is 19.7 Å². The van der Waals surface area contributed by atoms with E-state index < -0.39 is 6.10 Å². The highest BCUT2D eigenvalue weighted by molar-refractivity contribution is 5.39. The molecule has 2 rings (SSSR count). The maximum atomic E-state index is 9.95. The average Bonchev–Trinajstić information content (AvgIpc) is 2.91. The van der Waals surface area contributed by atoms with E-state index in [1.807, 2.05) is 32.0 Å². The van der Waals surface area contributed by atoms with E-state index in [1.54, 1.807) is 0 Å². The summed E-state index contributed by atoms with van der Waals surface area (Å²) in [5, 5.41) is 13.2. The normalized spacial score (nSPS) is 20.1. The number of aryl methyl sites for hydroxylation is 2. The van der Waals surface area contributed by atoms with Gasteiger partial charge in [0.2, 0.25) is 0 Å². The second kappa shape index (κ2) is 7.62. The number of rotatable bonds is 7. The highest BCUT2D eigenvalue weighted by Gasteiger charge is 2.15. The van der Waals surface area contributed by atoms with E-state index >= 15 is 0 Å². The third-order valence-corrected chi connectivity index (χ3v) is 3.67. The van der Waals surface area contributed by atoms with E-state index in [-0.39, 0.29) is 0 Å². The van der Waals surface area contributed by atoms with Crippen LogP contribution in [0.2, 0.25) is 0 Å². The topological polar surface area (TPSA) is 50.7 Å². The number of hydrogen-bond donors (Lipinski definition) is 2. The van der Waals surface area contributed by atoms with Crippen molar-refractivity contribution in [2.45, 2.75) is 26.4 Å². The maximum absolute atomic E-state index is 9.95. The van der Waals surface area contributed by atoms with Crippen LogP contribution in [0.5, 0.6) is 5.75 Å². The van der Waals surface area contributed by atoms with Crippen molar-refractivity contribution >= 4 is 0 Å². The number of nitrogens with one attached hydrogen (secondary N) is 1. The molecule has 1 aromatic rings.